The lowest BCUT2D eigenvalue weighted by molar-refractivity contribution is 0.221. The zero-order valence-electron chi connectivity index (χ0n) is 16.8. The zero-order valence-corrected chi connectivity index (χ0v) is 17.6. The van der Waals surface area contributed by atoms with Crippen LogP contribution in [0.3, 0.4) is 0 Å². The van der Waals surface area contributed by atoms with Gasteiger partial charge >= 0.3 is 0 Å². The Bertz CT molecular complexity index is 919. The Labute approximate surface area is 167 Å². The molecule has 0 unspecified atom stereocenters. The van der Waals surface area contributed by atoms with Crippen molar-refractivity contribution in [2.45, 2.75) is 63.1 Å². The SMILES string of the molecule is CCCN[C@H]1CCc2cc(NS(=O)(=O)c3ccc(C(C)(C)F)cc3)ccc2C1. The van der Waals surface area contributed by atoms with Gasteiger partial charge < -0.3 is 5.32 Å². The first kappa shape index (κ1) is 20.8. The molecule has 1 aliphatic carbocycles. The fourth-order valence-electron chi connectivity index (χ4n) is 3.59. The van der Waals surface area contributed by atoms with Crippen LogP contribution in [-0.2, 0) is 28.5 Å². The minimum absolute atomic E-state index is 0.127. The largest absolute Gasteiger partial charge is 0.314 e. The van der Waals surface area contributed by atoms with E-state index in [4.69, 9.17) is 0 Å². The second kappa shape index (κ2) is 8.21. The van der Waals surface area contributed by atoms with Crippen LogP contribution in [-0.4, -0.2) is 21.0 Å². The van der Waals surface area contributed by atoms with E-state index >= 15 is 0 Å². The van der Waals surface area contributed by atoms with Crippen molar-refractivity contribution in [3.05, 3.63) is 59.2 Å². The fraction of sp³-hybridized carbons (Fsp3) is 0.455. The van der Waals surface area contributed by atoms with Crippen LogP contribution in [0.5, 0.6) is 0 Å². The van der Waals surface area contributed by atoms with Crippen molar-refractivity contribution in [3.8, 4) is 0 Å². The van der Waals surface area contributed by atoms with Gasteiger partial charge in [-0.05, 0) is 87.0 Å². The molecule has 6 heteroatoms. The van der Waals surface area contributed by atoms with Crippen molar-refractivity contribution in [3.63, 3.8) is 0 Å². The summed E-state index contributed by atoms with van der Waals surface area (Å²) in [6.45, 7) is 6.08. The van der Waals surface area contributed by atoms with Crippen molar-refractivity contribution in [1.82, 2.24) is 5.32 Å². The Hall–Kier alpha value is -1.92. The molecule has 0 aromatic heterocycles. The first-order chi connectivity index (χ1) is 13.2. The van der Waals surface area contributed by atoms with Crippen molar-refractivity contribution in [1.29, 1.82) is 0 Å². The number of alkyl halides is 1. The lowest BCUT2D eigenvalue weighted by atomic mass is 9.88. The van der Waals surface area contributed by atoms with Crippen molar-refractivity contribution >= 4 is 15.7 Å². The van der Waals surface area contributed by atoms with Crippen LogP contribution in [0, 0.1) is 0 Å². The van der Waals surface area contributed by atoms with Gasteiger partial charge in [-0.25, -0.2) is 12.8 Å². The first-order valence-electron chi connectivity index (χ1n) is 9.86. The molecule has 0 aliphatic heterocycles. The minimum atomic E-state index is -3.71. The lowest BCUT2D eigenvalue weighted by Gasteiger charge is -2.26. The molecular weight excluding hydrogens is 375 g/mol. The van der Waals surface area contributed by atoms with Gasteiger partial charge in [-0.2, -0.15) is 0 Å². The van der Waals surface area contributed by atoms with Crippen LogP contribution in [0.25, 0.3) is 0 Å². The number of fused-ring (bicyclic) bond motifs is 1. The van der Waals surface area contributed by atoms with E-state index in [0.29, 0.717) is 17.3 Å². The van der Waals surface area contributed by atoms with Gasteiger partial charge in [0.2, 0.25) is 0 Å². The second-order valence-corrected chi connectivity index (χ2v) is 9.66. The van der Waals surface area contributed by atoms with Crippen LogP contribution in [0.2, 0.25) is 0 Å². The molecule has 3 rings (SSSR count). The highest BCUT2D eigenvalue weighted by Crippen LogP contribution is 2.28. The van der Waals surface area contributed by atoms with Gasteiger partial charge in [0.05, 0.1) is 4.90 Å². The summed E-state index contributed by atoms with van der Waals surface area (Å²) in [7, 11) is -3.71. The van der Waals surface area contributed by atoms with Gasteiger partial charge in [-0.15, -0.1) is 0 Å². The lowest BCUT2D eigenvalue weighted by Crippen LogP contribution is -2.35. The molecule has 1 atom stereocenters. The highest BCUT2D eigenvalue weighted by atomic mass is 32.2. The molecule has 0 bridgehead atoms. The maximum Gasteiger partial charge on any atom is 0.261 e. The molecule has 0 saturated carbocycles. The van der Waals surface area contributed by atoms with E-state index in [1.807, 2.05) is 18.2 Å². The molecule has 28 heavy (non-hydrogen) atoms. The Morgan fingerprint density at radius 1 is 1.11 bits per heavy atom. The van der Waals surface area contributed by atoms with Gasteiger partial charge in [0.15, 0.2) is 0 Å². The van der Waals surface area contributed by atoms with Crippen molar-refractivity contribution in [2.75, 3.05) is 11.3 Å². The van der Waals surface area contributed by atoms with Gasteiger partial charge in [-0.3, -0.25) is 4.72 Å². The Morgan fingerprint density at radius 2 is 1.82 bits per heavy atom. The van der Waals surface area contributed by atoms with Gasteiger partial charge in [0.25, 0.3) is 10.0 Å². The standard InChI is InChI=1S/C22H29FN2O2S/c1-4-13-24-19-9-5-17-15-20(10-6-16(17)14-19)25-28(26,27)21-11-7-18(8-12-21)22(2,3)23/h6-8,10-12,15,19,24-25H,4-5,9,13-14H2,1-3H3/t19-/m0/s1. The molecule has 1 aliphatic rings. The van der Waals surface area contributed by atoms with E-state index in [1.54, 1.807) is 0 Å². The van der Waals surface area contributed by atoms with E-state index in [2.05, 4.69) is 17.0 Å². The maximum atomic E-state index is 14.0. The smallest absolute Gasteiger partial charge is 0.261 e. The Kier molecular flexibility index (Phi) is 6.10. The second-order valence-electron chi connectivity index (χ2n) is 7.98. The fourth-order valence-corrected chi connectivity index (χ4v) is 4.64. The number of halogens is 1. The molecule has 0 heterocycles. The summed E-state index contributed by atoms with van der Waals surface area (Å²) in [5, 5.41) is 3.56. The predicted molar refractivity (Wildman–Crippen MR) is 112 cm³/mol. The van der Waals surface area contributed by atoms with Crippen LogP contribution in [0.15, 0.2) is 47.4 Å². The molecule has 0 saturated heterocycles. The van der Waals surface area contributed by atoms with Crippen molar-refractivity contribution in [2.24, 2.45) is 0 Å². The molecule has 0 radical (unpaired) electrons. The highest BCUT2D eigenvalue weighted by molar-refractivity contribution is 7.92. The Morgan fingerprint density at radius 3 is 2.46 bits per heavy atom. The van der Waals surface area contributed by atoms with Crippen LogP contribution < -0.4 is 10.0 Å². The normalized spacial score (nSPS) is 17.2. The number of nitrogens with one attached hydrogen (secondary N) is 2. The third kappa shape index (κ3) is 4.92. The Balaban J connectivity index is 1.73. The number of benzene rings is 2. The summed E-state index contributed by atoms with van der Waals surface area (Å²) in [5.74, 6) is 0. The van der Waals surface area contributed by atoms with E-state index in [9.17, 15) is 12.8 Å². The number of sulfonamides is 1. The summed E-state index contributed by atoms with van der Waals surface area (Å²) in [5.41, 5.74) is 1.99. The van der Waals surface area contributed by atoms with Gasteiger partial charge in [0, 0.05) is 11.7 Å². The molecule has 2 aromatic carbocycles. The highest BCUT2D eigenvalue weighted by Gasteiger charge is 2.22. The monoisotopic (exact) mass is 404 g/mol. The van der Waals surface area contributed by atoms with E-state index in [-0.39, 0.29) is 4.90 Å². The molecule has 152 valence electrons. The van der Waals surface area contributed by atoms with E-state index < -0.39 is 15.7 Å². The van der Waals surface area contributed by atoms with Crippen molar-refractivity contribution < 1.29 is 12.8 Å². The molecule has 2 N–H and O–H groups in total. The zero-order chi connectivity index (χ0) is 20.4. The van der Waals surface area contributed by atoms with Crippen LogP contribution in [0.1, 0.15) is 50.3 Å². The first-order valence-corrected chi connectivity index (χ1v) is 11.3. The molecular formula is C22H29FN2O2S. The minimum Gasteiger partial charge on any atom is -0.314 e. The quantitative estimate of drug-likeness (QED) is 0.712. The number of aryl methyl sites for hydroxylation is 1. The molecule has 0 fully saturated rings. The third-order valence-corrected chi connectivity index (χ3v) is 6.62. The van der Waals surface area contributed by atoms with Gasteiger partial charge in [0.1, 0.15) is 5.67 Å². The van der Waals surface area contributed by atoms with Crippen LogP contribution >= 0.6 is 0 Å². The molecule has 4 nitrogen and oxygen atoms in total. The maximum absolute atomic E-state index is 14.0. The summed E-state index contributed by atoms with van der Waals surface area (Å²) < 4.78 is 42.0. The third-order valence-electron chi connectivity index (χ3n) is 5.22. The average molecular weight is 405 g/mol. The summed E-state index contributed by atoms with van der Waals surface area (Å²) >= 11 is 0. The topological polar surface area (TPSA) is 58.2 Å². The van der Waals surface area contributed by atoms with E-state index in [1.165, 1.54) is 49.2 Å². The van der Waals surface area contributed by atoms with Gasteiger partial charge in [-0.1, -0.05) is 25.1 Å². The predicted octanol–water partition coefficient (Wildman–Crippen LogP) is 4.55. The molecule has 0 spiro atoms. The van der Waals surface area contributed by atoms with Crippen LogP contribution in [0.4, 0.5) is 10.1 Å². The number of hydrogen-bond acceptors (Lipinski definition) is 3. The average Bonchev–Trinajstić information content (AvgIpc) is 2.65. The number of hydrogen-bond donors (Lipinski definition) is 2. The summed E-state index contributed by atoms with van der Waals surface area (Å²) in [6.07, 6.45) is 4.09. The van der Waals surface area contributed by atoms with E-state index in [0.717, 1.165) is 32.2 Å². The molecule has 0 amide bonds. The summed E-state index contributed by atoms with van der Waals surface area (Å²) in [4.78, 5) is 0.127. The number of anilines is 1. The molecule has 2 aromatic rings. The summed E-state index contributed by atoms with van der Waals surface area (Å²) in [6, 6.07) is 12.2. The number of rotatable bonds is 7.